The molecule has 0 bridgehead atoms. The fourth-order valence-corrected chi connectivity index (χ4v) is 2.37. The molecule has 2 unspecified atom stereocenters. The third-order valence-electron chi connectivity index (χ3n) is 3.70. The van der Waals surface area contributed by atoms with Crippen LogP contribution < -0.4 is 11.1 Å². The predicted octanol–water partition coefficient (Wildman–Crippen LogP) is 1.29. The molecule has 1 saturated heterocycles. The van der Waals surface area contributed by atoms with Gasteiger partial charge in [0.1, 0.15) is 0 Å². The van der Waals surface area contributed by atoms with Crippen LogP contribution >= 0.6 is 0 Å². The van der Waals surface area contributed by atoms with Gasteiger partial charge in [0, 0.05) is 19.2 Å². The standard InChI is InChI=1S/C13H26N2O2/c1-3-10(4-2)12(14)8-15-13(16)11-6-5-7-17-9-11/h10-12H,3-9,14H2,1-2H3,(H,15,16). The number of hydrogen-bond acceptors (Lipinski definition) is 3. The van der Waals surface area contributed by atoms with Crippen molar-refractivity contribution >= 4 is 5.91 Å². The lowest BCUT2D eigenvalue weighted by molar-refractivity contribution is -0.129. The van der Waals surface area contributed by atoms with Crippen molar-refractivity contribution < 1.29 is 9.53 Å². The van der Waals surface area contributed by atoms with Gasteiger partial charge in [-0.25, -0.2) is 0 Å². The number of rotatable bonds is 6. The molecular formula is C13H26N2O2. The number of carbonyl (C=O) groups excluding carboxylic acids is 1. The van der Waals surface area contributed by atoms with Crippen molar-refractivity contribution in [1.82, 2.24) is 5.32 Å². The van der Waals surface area contributed by atoms with E-state index in [4.69, 9.17) is 10.5 Å². The summed E-state index contributed by atoms with van der Waals surface area (Å²) in [6, 6.07) is 0.0680. The summed E-state index contributed by atoms with van der Waals surface area (Å²) >= 11 is 0. The fourth-order valence-electron chi connectivity index (χ4n) is 2.37. The van der Waals surface area contributed by atoms with E-state index in [0.29, 0.717) is 19.1 Å². The van der Waals surface area contributed by atoms with Crippen LogP contribution in [0.2, 0.25) is 0 Å². The molecule has 0 aliphatic carbocycles. The van der Waals surface area contributed by atoms with Crippen molar-refractivity contribution in [2.45, 2.75) is 45.6 Å². The molecule has 1 fully saturated rings. The van der Waals surface area contributed by atoms with Crippen LogP contribution in [0, 0.1) is 11.8 Å². The van der Waals surface area contributed by atoms with Crippen LogP contribution in [0.5, 0.6) is 0 Å². The third-order valence-corrected chi connectivity index (χ3v) is 3.70. The van der Waals surface area contributed by atoms with Crippen molar-refractivity contribution in [2.75, 3.05) is 19.8 Å². The molecule has 4 heteroatoms. The van der Waals surface area contributed by atoms with Crippen molar-refractivity contribution in [2.24, 2.45) is 17.6 Å². The van der Waals surface area contributed by atoms with Crippen LogP contribution in [0.25, 0.3) is 0 Å². The van der Waals surface area contributed by atoms with Crippen LogP contribution in [0.3, 0.4) is 0 Å². The third kappa shape index (κ3) is 4.64. The molecule has 0 aromatic heterocycles. The summed E-state index contributed by atoms with van der Waals surface area (Å²) in [6.07, 6.45) is 4.06. The summed E-state index contributed by atoms with van der Waals surface area (Å²) in [5.74, 6) is 0.627. The molecular weight excluding hydrogens is 216 g/mol. The molecule has 2 atom stereocenters. The first-order chi connectivity index (χ1) is 8.19. The largest absolute Gasteiger partial charge is 0.381 e. The Balaban J connectivity index is 2.26. The molecule has 0 aromatic carbocycles. The van der Waals surface area contributed by atoms with E-state index in [1.54, 1.807) is 0 Å². The Bertz CT molecular complexity index is 223. The molecule has 100 valence electrons. The van der Waals surface area contributed by atoms with Gasteiger partial charge in [-0.15, -0.1) is 0 Å². The molecule has 1 amide bonds. The van der Waals surface area contributed by atoms with E-state index in [1.807, 2.05) is 0 Å². The summed E-state index contributed by atoms with van der Waals surface area (Å²) in [4.78, 5) is 11.9. The van der Waals surface area contributed by atoms with E-state index in [2.05, 4.69) is 19.2 Å². The van der Waals surface area contributed by atoms with Crippen LogP contribution in [-0.2, 0) is 9.53 Å². The molecule has 0 radical (unpaired) electrons. The number of hydrogen-bond donors (Lipinski definition) is 2. The van der Waals surface area contributed by atoms with Crippen molar-refractivity contribution in [3.63, 3.8) is 0 Å². The van der Waals surface area contributed by atoms with E-state index in [0.717, 1.165) is 32.3 Å². The summed E-state index contributed by atoms with van der Waals surface area (Å²) < 4.78 is 5.31. The van der Waals surface area contributed by atoms with E-state index >= 15 is 0 Å². The van der Waals surface area contributed by atoms with E-state index in [1.165, 1.54) is 0 Å². The van der Waals surface area contributed by atoms with Gasteiger partial charge >= 0.3 is 0 Å². The molecule has 3 N–H and O–H groups in total. The first-order valence-corrected chi connectivity index (χ1v) is 6.80. The minimum absolute atomic E-state index is 0.0256. The maximum absolute atomic E-state index is 11.9. The lowest BCUT2D eigenvalue weighted by Gasteiger charge is -2.24. The summed E-state index contributed by atoms with van der Waals surface area (Å²) in [5.41, 5.74) is 6.07. The Kier molecular flexibility index (Phi) is 6.52. The molecule has 17 heavy (non-hydrogen) atoms. The quantitative estimate of drug-likeness (QED) is 0.737. The Hall–Kier alpha value is -0.610. The van der Waals surface area contributed by atoms with Gasteiger partial charge in [-0.3, -0.25) is 4.79 Å². The van der Waals surface area contributed by atoms with Gasteiger partial charge in [0.25, 0.3) is 0 Å². The first kappa shape index (κ1) is 14.5. The highest BCUT2D eigenvalue weighted by Crippen LogP contribution is 2.14. The summed E-state index contributed by atoms with van der Waals surface area (Å²) in [7, 11) is 0. The van der Waals surface area contributed by atoms with Crippen molar-refractivity contribution in [3.05, 3.63) is 0 Å². The normalized spacial score (nSPS) is 22.5. The van der Waals surface area contributed by atoms with Gasteiger partial charge in [-0.05, 0) is 18.8 Å². The number of carbonyl (C=O) groups is 1. The van der Waals surface area contributed by atoms with Gasteiger partial charge in [-0.1, -0.05) is 26.7 Å². The van der Waals surface area contributed by atoms with E-state index in [9.17, 15) is 4.79 Å². The van der Waals surface area contributed by atoms with Gasteiger partial charge < -0.3 is 15.8 Å². The van der Waals surface area contributed by atoms with Crippen LogP contribution in [0.4, 0.5) is 0 Å². The predicted molar refractivity (Wildman–Crippen MR) is 68.6 cm³/mol. The number of nitrogens with two attached hydrogens (primary N) is 1. The van der Waals surface area contributed by atoms with Crippen LogP contribution in [0.1, 0.15) is 39.5 Å². The lowest BCUT2D eigenvalue weighted by atomic mass is 9.94. The zero-order valence-corrected chi connectivity index (χ0v) is 11.1. The second-order valence-corrected chi connectivity index (χ2v) is 4.90. The molecule has 0 saturated carbocycles. The maximum atomic E-state index is 11.9. The van der Waals surface area contributed by atoms with Crippen molar-refractivity contribution in [3.8, 4) is 0 Å². The molecule has 1 aliphatic heterocycles. The monoisotopic (exact) mass is 242 g/mol. The van der Waals surface area contributed by atoms with Crippen LogP contribution in [-0.4, -0.2) is 31.7 Å². The van der Waals surface area contributed by atoms with E-state index in [-0.39, 0.29) is 17.9 Å². The van der Waals surface area contributed by atoms with Gasteiger partial charge in [0.15, 0.2) is 0 Å². The molecule has 0 aromatic rings. The van der Waals surface area contributed by atoms with Crippen molar-refractivity contribution in [1.29, 1.82) is 0 Å². The minimum Gasteiger partial charge on any atom is -0.381 e. The average molecular weight is 242 g/mol. The SMILES string of the molecule is CCC(CC)C(N)CNC(=O)C1CCCOC1. The highest BCUT2D eigenvalue weighted by atomic mass is 16.5. The zero-order valence-electron chi connectivity index (χ0n) is 11.1. The molecule has 1 rings (SSSR count). The van der Waals surface area contributed by atoms with Gasteiger partial charge in [0.05, 0.1) is 12.5 Å². The highest BCUT2D eigenvalue weighted by molar-refractivity contribution is 5.78. The molecule has 0 spiro atoms. The van der Waals surface area contributed by atoms with Gasteiger partial charge in [-0.2, -0.15) is 0 Å². The Morgan fingerprint density at radius 2 is 2.18 bits per heavy atom. The molecule has 1 aliphatic rings. The lowest BCUT2D eigenvalue weighted by Crippen LogP contribution is -2.44. The Morgan fingerprint density at radius 1 is 1.47 bits per heavy atom. The zero-order chi connectivity index (χ0) is 12.7. The number of nitrogens with one attached hydrogen (secondary N) is 1. The minimum atomic E-state index is 0.0256. The smallest absolute Gasteiger partial charge is 0.225 e. The topological polar surface area (TPSA) is 64.3 Å². The first-order valence-electron chi connectivity index (χ1n) is 6.80. The molecule has 4 nitrogen and oxygen atoms in total. The van der Waals surface area contributed by atoms with Gasteiger partial charge in [0.2, 0.25) is 5.91 Å². The second kappa shape index (κ2) is 7.67. The molecule has 1 heterocycles. The fraction of sp³-hybridized carbons (Fsp3) is 0.923. The number of amides is 1. The highest BCUT2D eigenvalue weighted by Gasteiger charge is 2.22. The summed E-state index contributed by atoms with van der Waals surface area (Å²) in [5, 5.41) is 2.96. The maximum Gasteiger partial charge on any atom is 0.225 e. The Morgan fingerprint density at radius 3 is 2.71 bits per heavy atom. The number of ether oxygens (including phenoxy) is 1. The second-order valence-electron chi connectivity index (χ2n) is 4.90. The van der Waals surface area contributed by atoms with Crippen LogP contribution in [0.15, 0.2) is 0 Å². The average Bonchev–Trinajstić information content (AvgIpc) is 2.38. The summed E-state index contributed by atoms with van der Waals surface area (Å²) in [6.45, 7) is 6.22. The Labute approximate surface area is 104 Å². The van der Waals surface area contributed by atoms with E-state index < -0.39 is 0 Å².